The molecule has 6 heteroatoms. The lowest BCUT2D eigenvalue weighted by atomic mass is 9.91. The predicted molar refractivity (Wildman–Crippen MR) is 76.9 cm³/mol. The summed E-state index contributed by atoms with van der Waals surface area (Å²) in [7, 11) is 0. The molecule has 2 atom stereocenters. The molecule has 0 aliphatic heterocycles. The standard InChI is InChI=1S/C12H18N2O2S2/c1-7(17-2)6-13-12-14-10-8(11(15)16)4-3-5-9(10)18-12/h7-8H,3-6H2,1-2H3,(H,13,14)(H,15,16). The minimum atomic E-state index is -0.745. The van der Waals surface area contributed by atoms with Crippen molar-refractivity contribution >= 4 is 34.2 Å². The summed E-state index contributed by atoms with van der Waals surface area (Å²) in [5, 5.41) is 13.9. The summed E-state index contributed by atoms with van der Waals surface area (Å²) >= 11 is 3.42. The molecule has 0 radical (unpaired) electrons. The van der Waals surface area contributed by atoms with E-state index in [1.165, 1.54) is 0 Å². The van der Waals surface area contributed by atoms with Crippen molar-refractivity contribution in [1.82, 2.24) is 4.98 Å². The molecule has 0 saturated carbocycles. The third-order valence-corrected chi connectivity index (χ3v) is 5.26. The van der Waals surface area contributed by atoms with E-state index in [2.05, 4.69) is 23.5 Å². The van der Waals surface area contributed by atoms with E-state index in [0.29, 0.717) is 11.7 Å². The number of aromatic nitrogens is 1. The van der Waals surface area contributed by atoms with Gasteiger partial charge in [-0.05, 0) is 25.5 Å². The van der Waals surface area contributed by atoms with Crippen LogP contribution in [0.2, 0.25) is 0 Å². The zero-order valence-corrected chi connectivity index (χ0v) is 12.2. The van der Waals surface area contributed by atoms with Crippen molar-refractivity contribution in [2.75, 3.05) is 18.1 Å². The second kappa shape index (κ2) is 5.93. The second-order valence-electron chi connectivity index (χ2n) is 4.54. The molecule has 1 heterocycles. The molecule has 4 nitrogen and oxygen atoms in total. The summed E-state index contributed by atoms with van der Waals surface area (Å²) in [5.41, 5.74) is 0.790. The second-order valence-corrected chi connectivity index (χ2v) is 6.90. The van der Waals surface area contributed by atoms with Crippen molar-refractivity contribution in [3.8, 4) is 0 Å². The number of nitrogens with zero attached hydrogens (tertiary/aromatic N) is 1. The summed E-state index contributed by atoms with van der Waals surface area (Å²) in [6.07, 6.45) is 4.72. The quantitative estimate of drug-likeness (QED) is 0.871. The monoisotopic (exact) mass is 286 g/mol. The van der Waals surface area contributed by atoms with Crippen LogP contribution in [0.15, 0.2) is 0 Å². The highest BCUT2D eigenvalue weighted by molar-refractivity contribution is 7.99. The van der Waals surface area contributed by atoms with Crippen LogP contribution in [0.3, 0.4) is 0 Å². The van der Waals surface area contributed by atoms with Gasteiger partial charge in [0.1, 0.15) is 5.92 Å². The Hall–Kier alpha value is -0.750. The molecule has 1 aliphatic rings. The van der Waals surface area contributed by atoms with E-state index in [1.54, 1.807) is 23.1 Å². The summed E-state index contributed by atoms with van der Waals surface area (Å²) in [6, 6.07) is 0. The van der Waals surface area contributed by atoms with Crippen molar-refractivity contribution in [1.29, 1.82) is 0 Å². The minimum Gasteiger partial charge on any atom is -0.481 e. The van der Waals surface area contributed by atoms with Gasteiger partial charge >= 0.3 is 5.97 Å². The van der Waals surface area contributed by atoms with Crippen molar-refractivity contribution in [2.24, 2.45) is 0 Å². The van der Waals surface area contributed by atoms with E-state index in [0.717, 1.165) is 35.1 Å². The highest BCUT2D eigenvalue weighted by Crippen LogP contribution is 2.36. The third kappa shape index (κ3) is 2.98. The van der Waals surface area contributed by atoms with Crippen LogP contribution in [0, 0.1) is 0 Å². The number of carboxylic acids is 1. The van der Waals surface area contributed by atoms with Crippen LogP contribution in [0.4, 0.5) is 5.13 Å². The summed E-state index contributed by atoms with van der Waals surface area (Å²) in [4.78, 5) is 16.8. The van der Waals surface area contributed by atoms with Gasteiger partial charge in [-0.25, -0.2) is 4.98 Å². The molecule has 1 aromatic rings. The van der Waals surface area contributed by atoms with Gasteiger partial charge < -0.3 is 10.4 Å². The van der Waals surface area contributed by atoms with Gasteiger partial charge in [0.05, 0.1) is 5.69 Å². The number of hydrogen-bond acceptors (Lipinski definition) is 5. The van der Waals surface area contributed by atoms with Gasteiger partial charge in [-0.1, -0.05) is 6.92 Å². The molecule has 100 valence electrons. The first-order valence-electron chi connectivity index (χ1n) is 6.11. The molecule has 0 fully saturated rings. The molecule has 0 aromatic carbocycles. The van der Waals surface area contributed by atoms with Crippen LogP contribution >= 0.6 is 23.1 Å². The molecule has 2 N–H and O–H groups in total. The van der Waals surface area contributed by atoms with Gasteiger partial charge in [0.25, 0.3) is 0 Å². The number of aliphatic carboxylic acids is 1. The molecular formula is C12H18N2O2S2. The Kier molecular flexibility index (Phi) is 4.50. The maximum absolute atomic E-state index is 11.2. The number of carboxylic acid groups (broad SMARTS) is 1. The fraction of sp³-hybridized carbons (Fsp3) is 0.667. The molecule has 1 aliphatic carbocycles. The van der Waals surface area contributed by atoms with Crippen LogP contribution in [0.1, 0.15) is 36.3 Å². The van der Waals surface area contributed by atoms with Gasteiger partial charge in [0.2, 0.25) is 0 Å². The average molecular weight is 286 g/mol. The lowest BCUT2D eigenvalue weighted by molar-refractivity contribution is -0.139. The highest BCUT2D eigenvalue weighted by Gasteiger charge is 2.29. The first-order valence-corrected chi connectivity index (χ1v) is 8.21. The number of nitrogens with one attached hydrogen (secondary N) is 1. The maximum Gasteiger partial charge on any atom is 0.312 e. The largest absolute Gasteiger partial charge is 0.481 e. The predicted octanol–water partition coefficient (Wildman–Crippen LogP) is 2.81. The van der Waals surface area contributed by atoms with E-state index in [1.807, 2.05) is 0 Å². The molecule has 2 rings (SSSR count). The van der Waals surface area contributed by atoms with Crippen LogP contribution in [-0.4, -0.2) is 34.1 Å². The highest BCUT2D eigenvalue weighted by atomic mass is 32.2. The molecule has 0 bridgehead atoms. The topological polar surface area (TPSA) is 62.2 Å². The lowest BCUT2D eigenvalue weighted by Gasteiger charge is -2.16. The van der Waals surface area contributed by atoms with Crippen LogP contribution < -0.4 is 5.32 Å². The third-order valence-electron chi connectivity index (χ3n) is 3.20. The first-order chi connectivity index (χ1) is 8.61. The van der Waals surface area contributed by atoms with Crippen molar-refractivity contribution in [2.45, 2.75) is 37.4 Å². The smallest absolute Gasteiger partial charge is 0.312 e. The van der Waals surface area contributed by atoms with Gasteiger partial charge in [-0.15, -0.1) is 11.3 Å². The molecule has 18 heavy (non-hydrogen) atoms. The molecule has 0 saturated heterocycles. The van der Waals surface area contributed by atoms with Crippen molar-refractivity contribution < 1.29 is 9.90 Å². The SMILES string of the molecule is CSC(C)CNc1nc2c(s1)CCCC2C(=O)O. The van der Waals surface area contributed by atoms with Gasteiger partial charge in [0, 0.05) is 16.7 Å². The maximum atomic E-state index is 11.2. The number of aryl methyl sites for hydroxylation is 1. The zero-order chi connectivity index (χ0) is 13.1. The van der Waals surface area contributed by atoms with Crippen molar-refractivity contribution in [3.05, 3.63) is 10.6 Å². The summed E-state index contributed by atoms with van der Waals surface area (Å²) in [6.45, 7) is 3.02. The van der Waals surface area contributed by atoms with E-state index in [-0.39, 0.29) is 0 Å². The van der Waals surface area contributed by atoms with Crippen LogP contribution in [-0.2, 0) is 11.2 Å². The van der Waals surface area contributed by atoms with E-state index in [4.69, 9.17) is 0 Å². The molecule has 2 unspecified atom stereocenters. The van der Waals surface area contributed by atoms with Crippen LogP contribution in [0.5, 0.6) is 0 Å². The Balaban J connectivity index is 2.09. The lowest BCUT2D eigenvalue weighted by Crippen LogP contribution is -2.17. The molecular weight excluding hydrogens is 268 g/mol. The number of fused-ring (bicyclic) bond motifs is 1. The summed E-state index contributed by atoms with van der Waals surface area (Å²) < 4.78 is 0. The van der Waals surface area contributed by atoms with Gasteiger partial charge in [-0.2, -0.15) is 11.8 Å². The number of thiazole rings is 1. The van der Waals surface area contributed by atoms with E-state index < -0.39 is 11.9 Å². The Labute approximate surface area is 115 Å². The first kappa shape index (κ1) is 13.7. The number of anilines is 1. The minimum absolute atomic E-state index is 0.404. The Bertz CT molecular complexity index is 434. The van der Waals surface area contributed by atoms with Gasteiger partial charge in [-0.3, -0.25) is 4.79 Å². The molecule has 0 amide bonds. The fourth-order valence-electron chi connectivity index (χ4n) is 2.05. The molecule has 1 aromatic heterocycles. The number of thioether (sulfide) groups is 1. The normalized spacial score (nSPS) is 20.2. The average Bonchev–Trinajstić information content (AvgIpc) is 2.77. The van der Waals surface area contributed by atoms with Crippen molar-refractivity contribution in [3.63, 3.8) is 0 Å². The van der Waals surface area contributed by atoms with Gasteiger partial charge in [0.15, 0.2) is 5.13 Å². The van der Waals surface area contributed by atoms with E-state index >= 15 is 0 Å². The Morgan fingerprint density at radius 3 is 3.17 bits per heavy atom. The zero-order valence-electron chi connectivity index (χ0n) is 10.6. The van der Waals surface area contributed by atoms with E-state index in [9.17, 15) is 9.90 Å². The Morgan fingerprint density at radius 2 is 2.50 bits per heavy atom. The van der Waals surface area contributed by atoms with Crippen LogP contribution in [0.25, 0.3) is 0 Å². The molecule has 0 spiro atoms. The summed E-state index contributed by atoms with van der Waals surface area (Å²) in [5.74, 6) is -1.15. The Morgan fingerprint density at radius 1 is 1.72 bits per heavy atom. The fourth-order valence-corrected chi connectivity index (χ4v) is 3.37. The number of rotatable bonds is 5. The number of hydrogen-bond donors (Lipinski definition) is 2. The number of carbonyl (C=O) groups is 1.